The van der Waals surface area contributed by atoms with Gasteiger partial charge in [-0.25, -0.2) is 4.79 Å². The molecule has 0 saturated carbocycles. The van der Waals surface area contributed by atoms with Crippen LogP contribution >= 0.6 is 11.3 Å². The predicted octanol–water partition coefficient (Wildman–Crippen LogP) is 2.76. The maximum Gasteiger partial charge on any atom is 0.335 e. The highest BCUT2D eigenvalue weighted by Gasteiger charge is 2.12. The number of rotatable bonds is 3. The van der Waals surface area contributed by atoms with Gasteiger partial charge in [0.1, 0.15) is 0 Å². The Morgan fingerprint density at radius 3 is 2.48 bits per heavy atom. The van der Waals surface area contributed by atoms with Gasteiger partial charge in [-0.2, -0.15) is 0 Å². The number of fused-ring (bicyclic) bond motifs is 1. The van der Waals surface area contributed by atoms with Crippen molar-refractivity contribution in [1.29, 1.82) is 0 Å². The van der Waals surface area contributed by atoms with E-state index in [0.717, 1.165) is 21.2 Å². The maximum absolute atomic E-state index is 11.3. The van der Waals surface area contributed by atoms with E-state index in [2.05, 4.69) is 4.98 Å². The number of carbonyl (C=O) groups excluding carboxylic acids is 1. The van der Waals surface area contributed by atoms with Crippen molar-refractivity contribution in [2.45, 2.75) is 0 Å². The van der Waals surface area contributed by atoms with Crippen LogP contribution < -0.4 is 5.73 Å². The highest BCUT2D eigenvalue weighted by Crippen LogP contribution is 2.33. The number of aromatic carboxylic acids is 1. The molecule has 104 valence electrons. The number of carboxylic acids is 1. The molecule has 6 heteroatoms. The van der Waals surface area contributed by atoms with Gasteiger partial charge in [-0.1, -0.05) is 12.1 Å². The number of hydrogen-bond donors (Lipinski definition) is 2. The molecule has 5 nitrogen and oxygen atoms in total. The van der Waals surface area contributed by atoms with Crippen LogP contribution in [0.25, 0.3) is 21.2 Å². The van der Waals surface area contributed by atoms with E-state index in [4.69, 9.17) is 10.8 Å². The van der Waals surface area contributed by atoms with E-state index in [1.165, 1.54) is 23.5 Å². The molecule has 3 rings (SSSR count). The molecule has 3 aromatic rings. The van der Waals surface area contributed by atoms with Crippen LogP contribution in [0, 0.1) is 0 Å². The Morgan fingerprint density at radius 2 is 1.86 bits per heavy atom. The van der Waals surface area contributed by atoms with Crippen molar-refractivity contribution >= 4 is 33.3 Å². The Balaban J connectivity index is 2.15. The Labute approximate surface area is 123 Å². The highest BCUT2D eigenvalue weighted by atomic mass is 32.1. The molecule has 21 heavy (non-hydrogen) atoms. The first-order valence-electron chi connectivity index (χ1n) is 6.07. The summed E-state index contributed by atoms with van der Waals surface area (Å²) in [6.45, 7) is 0. The van der Waals surface area contributed by atoms with Crippen molar-refractivity contribution in [1.82, 2.24) is 4.98 Å². The summed E-state index contributed by atoms with van der Waals surface area (Å²) in [7, 11) is 0. The molecule has 1 amide bonds. The summed E-state index contributed by atoms with van der Waals surface area (Å²) in [5.74, 6) is -1.44. The fraction of sp³-hybridized carbons (Fsp3) is 0. The number of carboxylic acid groups (broad SMARTS) is 1. The number of nitrogens with zero attached hydrogens (tertiary/aromatic N) is 1. The minimum absolute atomic E-state index is 0.224. The van der Waals surface area contributed by atoms with E-state index < -0.39 is 11.9 Å². The van der Waals surface area contributed by atoms with Crippen LogP contribution in [-0.2, 0) is 0 Å². The lowest BCUT2D eigenvalue weighted by atomic mass is 10.0. The van der Waals surface area contributed by atoms with Gasteiger partial charge in [-0.15, -0.1) is 11.3 Å². The number of nitrogens with two attached hydrogens (primary N) is 1. The van der Waals surface area contributed by atoms with Crippen LogP contribution in [0.5, 0.6) is 0 Å². The SMILES string of the molecule is NC(=O)c1cc2c(-c3ccc(C(=O)O)cc3)cncc2s1. The second-order valence-corrected chi connectivity index (χ2v) is 5.54. The summed E-state index contributed by atoms with van der Waals surface area (Å²) in [6.07, 6.45) is 3.37. The van der Waals surface area contributed by atoms with E-state index >= 15 is 0 Å². The lowest BCUT2D eigenvalue weighted by molar-refractivity contribution is 0.0696. The molecular formula is C15H10N2O3S. The molecular weight excluding hydrogens is 288 g/mol. The Kier molecular flexibility index (Phi) is 3.15. The smallest absolute Gasteiger partial charge is 0.335 e. The van der Waals surface area contributed by atoms with Crippen LogP contribution in [0.4, 0.5) is 0 Å². The zero-order valence-corrected chi connectivity index (χ0v) is 11.6. The van der Waals surface area contributed by atoms with Gasteiger partial charge < -0.3 is 10.8 Å². The minimum atomic E-state index is -0.968. The maximum atomic E-state index is 11.3. The van der Waals surface area contributed by atoms with Gasteiger partial charge in [0.25, 0.3) is 5.91 Å². The Morgan fingerprint density at radius 1 is 1.14 bits per heavy atom. The molecule has 0 aliphatic carbocycles. The van der Waals surface area contributed by atoms with Crippen molar-refractivity contribution in [3.63, 3.8) is 0 Å². The normalized spacial score (nSPS) is 10.7. The number of carbonyl (C=O) groups is 2. The molecule has 2 aromatic heterocycles. The summed E-state index contributed by atoms with van der Waals surface area (Å²) in [4.78, 5) is 26.8. The molecule has 0 spiro atoms. The topological polar surface area (TPSA) is 93.3 Å². The van der Waals surface area contributed by atoms with Gasteiger partial charge in [-0.3, -0.25) is 9.78 Å². The van der Waals surface area contributed by atoms with Crippen molar-refractivity contribution < 1.29 is 14.7 Å². The second-order valence-electron chi connectivity index (χ2n) is 4.46. The zero-order chi connectivity index (χ0) is 15.0. The molecule has 1 aromatic carbocycles. The average Bonchev–Trinajstić information content (AvgIpc) is 2.91. The molecule has 0 radical (unpaired) electrons. The van der Waals surface area contributed by atoms with Crippen molar-refractivity contribution in [3.8, 4) is 11.1 Å². The summed E-state index contributed by atoms with van der Waals surface area (Å²) < 4.78 is 0.864. The van der Waals surface area contributed by atoms with Crippen molar-refractivity contribution in [2.75, 3.05) is 0 Å². The number of pyridine rings is 1. The zero-order valence-electron chi connectivity index (χ0n) is 10.7. The number of thiophene rings is 1. The lowest BCUT2D eigenvalue weighted by Crippen LogP contribution is -2.08. The highest BCUT2D eigenvalue weighted by molar-refractivity contribution is 7.20. The van der Waals surface area contributed by atoms with Crippen LogP contribution in [0.1, 0.15) is 20.0 Å². The monoisotopic (exact) mass is 298 g/mol. The molecule has 2 heterocycles. The van der Waals surface area contributed by atoms with Gasteiger partial charge in [0, 0.05) is 23.3 Å². The van der Waals surface area contributed by atoms with Crippen LogP contribution in [0.2, 0.25) is 0 Å². The first kappa shape index (κ1) is 13.3. The molecule has 0 saturated heterocycles. The first-order valence-corrected chi connectivity index (χ1v) is 6.89. The van der Waals surface area contributed by atoms with E-state index in [0.29, 0.717) is 4.88 Å². The largest absolute Gasteiger partial charge is 0.478 e. The first-order chi connectivity index (χ1) is 10.1. The Hall–Kier alpha value is -2.73. The van der Waals surface area contributed by atoms with E-state index in [1.807, 2.05) is 0 Å². The molecule has 0 aliphatic heterocycles. The summed E-state index contributed by atoms with van der Waals surface area (Å²) in [5.41, 5.74) is 7.21. The second kappa shape index (κ2) is 4.99. The van der Waals surface area contributed by atoms with Gasteiger partial charge in [0.05, 0.1) is 15.1 Å². The third-order valence-corrected chi connectivity index (χ3v) is 4.22. The van der Waals surface area contributed by atoms with Gasteiger partial charge in [0.15, 0.2) is 0 Å². The number of amides is 1. The van der Waals surface area contributed by atoms with Gasteiger partial charge >= 0.3 is 5.97 Å². The van der Waals surface area contributed by atoms with E-state index in [9.17, 15) is 9.59 Å². The summed E-state index contributed by atoms with van der Waals surface area (Å²) in [6, 6.07) is 8.27. The summed E-state index contributed by atoms with van der Waals surface area (Å²) >= 11 is 1.29. The lowest BCUT2D eigenvalue weighted by Gasteiger charge is -2.03. The molecule has 0 fully saturated rings. The van der Waals surface area contributed by atoms with E-state index in [1.54, 1.807) is 30.6 Å². The number of hydrogen-bond acceptors (Lipinski definition) is 4. The van der Waals surface area contributed by atoms with Gasteiger partial charge in [0.2, 0.25) is 0 Å². The molecule has 0 aliphatic rings. The molecule has 0 unspecified atom stereocenters. The third kappa shape index (κ3) is 2.36. The third-order valence-electron chi connectivity index (χ3n) is 3.13. The summed E-state index contributed by atoms with van der Waals surface area (Å²) in [5, 5.41) is 9.80. The fourth-order valence-corrected chi connectivity index (χ4v) is 3.01. The van der Waals surface area contributed by atoms with Crippen LogP contribution in [0.3, 0.4) is 0 Å². The van der Waals surface area contributed by atoms with Crippen molar-refractivity contribution in [3.05, 3.63) is 53.2 Å². The number of benzene rings is 1. The van der Waals surface area contributed by atoms with E-state index in [-0.39, 0.29) is 5.56 Å². The minimum Gasteiger partial charge on any atom is -0.478 e. The molecule has 3 N–H and O–H groups in total. The average molecular weight is 298 g/mol. The Bertz CT molecular complexity index is 853. The van der Waals surface area contributed by atoms with Crippen LogP contribution in [0.15, 0.2) is 42.7 Å². The predicted molar refractivity (Wildman–Crippen MR) is 80.5 cm³/mol. The molecule has 0 bridgehead atoms. The quantitative estimate of drug-likeness (QED) is 0.777. The molecule has 0 atom stereocenters. The van der Waals surface area contributed by atoms with Gasteiger partial charge in [-0.05, 0) is 23.8 Å². The number of primary amides is 1. The van der Waals surface area contributed by atoms with Crippen LogP contribution in [-0.4, -0.2) is 22.0 Å². The standard InChI is InChI=1S/C15H10N2O3S/c16-14(18)12-5-10-11(6-17-7-13(10)21-12)8-1-3-9(4-2-8)15(19)20/h1-7H,(H2,16,18)(H,19,20). The van der Waals surface area contributed by atoms with Crippen molar-refractivity contribution in [2.24, 2.45) is 5.73 Å². The number of aromatic nitrogens is 1. The fourth-order valence-electron chi connectivity index (χ4n) is 2.10.